The Morgan fingerprint density at radius 2 is 2.10 bits per heavy atom. The minimum atomic E-state index is -0.0788. The van der Waals surface area contributed by atoms with E-state index in [-0.39, 0.29) is 12.0 Å². The van der Waals surface area contributed by atoms with Crippen molar-refractivity contribution in [2.24, 2.45) is 0 Å². The Bertz CT molecular complexity index is 481. The summed E-state index contributed by atoms with van der Waals surface area (Å²) in [5.74, 6) is 1.29. The number of carbonyl (C=O) groups excluding carboxylic acids is 1. The Balaban J connectivity index is 2.69. The third-order valence-corrected chi connectivity index (χ3v) is 2.81. The van der Waals surface area contributed by atoms with Crippen molar-refractivity contribution in [3.63, 3.8) is 0 Å². The molecular weight excluding hydrogens is 266 g/mol. The van der Waals surface area contributed by atoms with E-state index < -0.39 is 0 Å². The van der Waals surface area contributed by atoms with E-state index in [1.54, 1.807) is 13.2 Å². The molecule has 1 aromatic rings. The summed E-state index contributed by atoms with van der Waals surface area (Å²) in [5.41, 5.74) is 0.897. The Labute approximate surface area is 127 Å². The van der Waals surface area contributed by atoms with Gasteiger partial charge in [-0.3, -0.25) is 4.79 Å². The van der Waals surface area contributed by atoms with Gasteiger partial charge in [0.2, 0.25) is 5.91 Å². The molecule has 0 heterocycles. The van der Waals surface area contributed by atoms with Crippen molar-refractivity contribution in [2.45, 2.75) is 39.7 Å². The van der Waals surface area contributed by atoms with Crippen molar-refractivity contribution in [1.29, 1.82) is 0 Å². The molecule has 0 atom stereocenters. The zero-order chi connectivity index (χ0) is 15.7. The van der Waals surface area contributed by atoms with Gasteiger partial charge in [0.15, 0.2) is 11.5 Å². The van der Waals surface area contributed by atoms with Gasteiger partial charge in [0.1, 0.15) is 0 Å². The largest absolute Gasteiger partial charge is 0.493 e. The van der Waals surface area contributed by atoms with Crippen molar-refractivity contribution in [1.82, 2.24) is 5.32 Å². The van der Waals surface area contributed by atoms with Crippen molar-refractivity contribution < 1.29 is 14.3 Å². The number of methoxy groups -OCH3 is 1. The first-order chi connectivity index (χ1) is 10.1. The molecular formula is C17H25NO3. The molecule has 0 fully saturated rings. The molecule has 1 amide bonds. The van der Waals surface area contributed by atoms with Gasteiger partial charge in [0.25, 0.3) is 0 Å². The van der Waals surface area contributed by atoms with Crippen molar-refractivity contribution in [3.05, 3.63) is 29.8 Å². The highest BCUT2D eigenvalue weighted by atomic mass is 16.5. The molecule has 1 aromatic carbocycles. The van der Waals surface area contributed by atoms with E-state index in [2.05, 4.69) is 12.2 Å². The van der Waals surface area contributed by atoms with Gasteiger partial charge in [-0.25, -0.2) is 0 Å². The van der Waals surface area contributed by atoms with Crippen LogP contribution in [0, 0.1) is 0 Å². The number of unbranched alkanes of at least 4 members (excludes halogenated alkanes) is 1. The van der Waals surface area contributed by atoms with E-state index in [4.69, 9.17) is 9.47 Å². The van der Waals surface area contributed by atoms with Crippen LogP contribution in [0.5, 0.6) is 11.5 Å². The fourth-order valence-electron chi connectivity index (χ4n) is 1.76. The predicted molar refractivity (Wildman–Crippen MR) is 85.7 cm³/mol. The summed E-state index contributed by atoms with van der Waals surface area (Å²) >= 11 is 0. The smallest absolute Gasteiger partial charge is 0.243 e. The molecule has 4 heteroatoms. The molecule has 0 spiro atoms. The van der Waals surface area contributed by atoms with Gasteiger partial charge in [-0.1, -0.05) is 19.4 Å². The second kappa shape index (κ2) is 9.06. The summed E-state index contributed by atoms with van der Waals surface area (Å²) in [5, 5.41) is 2.84. The standard InChI is InChI=1S/C17H25NO3/c1-5-6-11-18-17(19)10-8-14-7-9-15(21-13(2)3)16(12-14)20-4/h7-10,12-13H,5-6,11H2,1-4H3,(H,18,19). The van der Waals surface area contributed by atoms with Gasteiger partial charge < -0.3 is 14.8 Å². The summed E-state index contributed by atoms with van der Waals surface area (Å²) in [6.45, 7) is 6.74. The fourth-order valence-corrected chi connectivity index (χ4v) is 1.76. The lowest BCUT2D eigenvalue weighted by atomic mass is 10.2. The molecule has 0 aliphatic heterocycles. The Kier molecular flexibility index (Phi) is 7.37. The lowest BCUT2D eigenvalue weighted by Crippen LogP contribution is -2.21. The van der Waals surface area contributed by atoms with Crippen molar-refractivity contribution >= 4 is 12.0 Å². The molecule has 0 aliphatic rings. The first-order valence-corrected chi connectivity index (χ1v) is 7.37. The zero-order valence-corrected chi connectivity index (χ0v) is 13.3. The summed E-state index contributed by atoms with van der Waals surface area (Å²) in [7, 11) is 1.60. The maximum atomic E-state index is 11.6. The van der Waals surface area contributed by atoms with Crippen LogP contribution in [0.4, 0.5) is 0 Å². The molecule has 0 saturated heterocycles. The van der Waals surface area contributed by atoms with Crippen LogP contribution in [0.15, 0.2) is 24.3 Å². The van der Waals surface area contributed by atoms with E-state index in [1.165, 1.54) is 6.08 Å². The number of benzene rings is 1. The summed E-state index contributed by atoms with van der Waals surface area (Å²) < 4.78 is 11.0. The number of carbonyl (C=O) groups is 1. The number of rotatable bonds is 8. The van der Waals surface area contributed by atoms with Crippen LogP contribution < -0.4 is 14.8 Å². The maximum absolute atomic E-state index is 11.6. The SMILES string of the molecule is CCCCNC(=O)C=Cc1ccc(OC(C)C)c(OC)c1. The van der Waals surface area contributed by atoms with Gasteiger partial charge >= 0.3 is 0 Å². The monoisotopic (exact) mass is 291 g/mol. The van der Waals surface area contributed by atoms with Gasteiger partial charge in [-0.05, 0) is 44.0 Å². The van der Waals surface area contributed by atoms with E-state index in [0.29, 0.717) is 18.0 Å². The van der Waals surface area contributed by atoms with Crippen LogP contribution in [-0.2, 0) is 4.79 Å². The summed E-state index contributed by atoms with van der Waals surface area (Å²) in [6.07, 6.45) is 5.45. The topological polar surface area (TPSA) is 47.6 Å². The van der Waals surface area contributed by atoms with Crippen LogP contribution in [0.25, 0.3) is 6.08 Å². The highest BCUT2D eigenvalue weighted by Crippen LogP contribution is 2.29. The fraction of sp³-hybridized carbons (Fsp3) is 0.471. The van der Waals surface area contributed by atoms with E-state index in [0.717, 1.165) is 18.4 Å². The molecule has 21 heavy (non-hydrogen) atoms. The lowest BCUT2D eigenvalue weighted by Gasteiger charge is -2.13. The molecule has 0 unspecified atom stereocenters. The normalized spacial score (nSPS) is 10.9. The second-order valence-electron chi connectivity index (χ2n) is 5.05. The average Bonchev–Trinajstić information content (AvgIpc) is 2.46. The first kappa shape index (κ1) is 17.1. The average molecular weight is 291 g/mol. The Morgan fingerprint density at radius 3 is 2.71 bits per heavy atom. The van der Waals surface area contributed by atoms with Crippen molar-refractivity contribution in [3.8, 4) is 11.5 Å². The quantitative estimate of drug-likeness (QED) is 0.590. The highest BCUT2D eigenvalue weighted by molar-refractivity contribution is 5.91. The maximum Gasteiger partial charge on any atom is 0.243 e. The molecule has 1 rings (SSSR count). The summed E-state index contributed by atoms with van der Waals surface area (Å²) in [4.78, 5) is 11.6. The summed E-state index contributed by atoms with van der Waals surface area (Å²) in [6, 6.07) is 5.61. The second-order valence-corrected chi connectivity index (χ2v) is 5.05. The minimum Gasteiger partial charge on any atom is -0.493 e. The first-order valence-electron chi connectivity index (χ1n) is 7.37. The van der Waals surface area contributed by atoms with Gasteiger partial charge in [0, 0.05) is 12.6 Å². The van der Waals surface area contributed by atoms with Crippen LogP contribution in [0.2, 0.25) is 0 Å². The third-order valence-electron chi connectivity index (χ3n) is 2.81. The molecule has 0 aromatic heterocycles. The number of ether oxygens (including phenoxy) is 2. The lowest BCUT2D eigenvalue weighted by molar-refractivity contribution is -0.116. The van der Waals surface area contributed by atoms with Gasteiger partial charge in [-0.15, -0.1) is 0 Å². The van der Waals surface area contributed by atoms with E-state index in [1.807, 2.05) is 32.0 Å². The van der Waals surface area contributed by atoms with E-state index in [9.17, 15) is 4.79 Å². The molecule has 4 nitrogen and oxygen atoms in total. The van der Waals surface area contributed by atoms with E-state index >= 15 is 0 Å². The van der Waals surface area contributed by atoms with Gasteiger partial charge in [0.05, 0.1) is 13.2 Å². The number of nitrogens with one attached hydrogen (secondary N) is 1. The highest BCUT2D eigenvalue weighted by Gasteiger charge is 2.06. The molecule has 116 valence electrons. The predicted octanol–water partition coefficient (Wildman–Crippen LogP) is 3.41. The van der Waals surface area contributed by atoms with Crippen LogP contribution in [-0.4, -0.2) is 25.7 Å². The third kappa shape index (κ3) is 6.34. The molecule has 1 N–H and O–H groups in total. The Hall–Kier alpha value is -1.97. The number of hydrogen-bond acceptors (Lipinski definition) is 3. The van der Waals surface area contributed by atoms with Gasteiger partial charge in [-0.2, -0.15) is 0 Å². The molecule has 0 bridgehead atoms. The number of amides is 1. The minimum absolute atomic E-state index is 0.0788. The molecule has 0 aliphatic carbocycles. The zero-order valence-electron chi connectivity index (χ0n) is 13.3. The van der Waals surface area contributed by atoms with Crippen molar-refractivity contribution in [2.75, 3.05) is 13.7 Å². The van der Waals surface area contributed by atoms with Crippen LogP contribution >= 0.6 is 0 Å². The molecule has 0 radical (unpaired) electrons. The number of hydrogen-bond donors (Lipinski definition) is 1. The van der Waals surface area contributed by atoms with Crippen LogP contribution in [0.1, 0.15) is 39.2 Å². The Morgan fingerprint density at radius 1 is 1.33 bits per heavy atom. The van der Waals surface area contributed by atoms with Crippen LogP contribution in [0.3, 0.4) is 0 Å². The molecule has 0 saturated carbocycles.